The molecular weight excluding hydrogens is 204 g/mol. The Hall–Kier alpha value is -0.480. The van der Waals surface area contributed by atoms with E-state index < -0.39 is 8.87 Å². The van der Waals surface area contributed by atoms with Crippen molar-refractivity contribution in [2.75, 3.05) is 6.26 Å². The van der Waals surface area contributed by atoms with Gasteiger partial charge in [-0.15, -0.1) is 0 Å². The van der Waals surface area contributed by atoms with Crippen LogP contribution in [0.4, 0.5) is 0 Å². The summed E-state index contributed by atoms with van der Waals surface area (Å²) in [5, 5.41) is 0. The normalized spacial score (nSPS) is 10.6. The summed E-state index contributed by atoms with van der Waals surface area (Å²) >= 11 is 0. The molecule has 4 heteroatoms. The lowest BCUT2D eigenvalue weighted by atomic mass is 10.2. The molecule has 13 heavy (non-hydrogen) atoms. The molecule has 1 aromatic rings. The highest BCUT2D eigenvalue weighted by molar-refractivity contribution is 8.71. The van der Waals surface area contributed by atoms with E-state index in [0.29, 0.717) is 4.90 Å². The van der Waals surface area contributed by atoms with Gasteiger partial charge in [-0.25, -0.2) is 8.42 Å². The quantitative estimate of drug-likeness (QED) is 0.716. The topological polar surface area (TPSA) is 34.1 Å². The Labute approximate surface area is 83.7 Å². The molecule has 0 aromatic heterocycles. The van der Waals surface area contributed by atoms with Gasteiger partial charge < -0.3 is 0 Å². The molecule has 1 aromatic carbocycles. The Morgan fingerprint density at radius 2 is 1.62 bits per heavy atom. The van der Waals surface area contributed by atoms with Gasteiger partial charge >= 0.3 is 0 Å². The van der Waals surface area contributed by atoms with Gasteiger partial charge in [0.1, 0.15) is 0 Å². The van der Waals surface area contributed by atoms with Crippen LogP contribution in [0.2, 0.25) is 0 Å². The first-order valence-electron chi connectivity index (χ1n) is 3.43. The summed E-state index contributed by atoms with van der Waals surface area (Å²) in [6.45, 7) is 1.93. The number of aryl methyl sites for hydroxylation is 1. The van der Waals surface area contributed by atoms with Gasteiger partial charge in [0.25, 0.3) is 0 Å². The summed E-state index contributed by atoms with van der Waals surface area (Å²) in [7, 11) is -2.24. The Morgan fingerprint density at radius 1 is 1.15 bits per heavy atom. The molecular formula is C9H14O2S2. The van der Waals surface area contributed by atoms with Crippen molar-refractivity contribution in [3.05, 3.63) is 29.8 Å². The number of hydrogen-bond donors (Lipinski definition) is 0. The van der Waals surface area contributed by atoms with E-state index in [1.165, 1.54) is 0 Å². The van der Waals surface area contributed by atoms with Gasteiger partial charge in [-0.1, -0.05) is 25.1 Å². The van der Waals surface area contributed by atoms with Gasteiger partial charge in [-0.05, 0) is 36.1 Å². The average Bonchev–Trinajstić information content (AvgIpc) is 2.05. The van der Waals surface area contributed by atoms with Crippen LogP contribution in [-0.4, -0.2) is 14.7 Å². The summed E-state index contributed by atoms with van der Waals surface area (Å²) in [5.41, 5.74) is 1.06. The lowest BCUT2D eigenvalue weighted by Crippen LogP contribution is -1.93. The van der Waals surface area contributed by atoms with Gasteiger partial charge in [0.05, 0.1) is 4.90 Å². The van der Waals surface area contributed by atoms with Crippen molar-refractivity contribution in [1.29, 1.82) is 0 Å². The van der Waals surface area contributed by atoms with Gasteiger partial charge in [-0.2, -0.15) is 0 Å². The Kier molecular flexibility index (Phi) is 4.50. The van der Waals surface area contributed by atoms with Crippen LogP contribution < -0.4 is 0 Å². The van der Waals surface area contributed by atoms with E-state index in [1.807, 2.05) is 6.92 Å². The van der Waals surface area contributed by atoms with Crippen LogP contribution >= 0.6 is 10.8 Å². The molecule has 0 heterocycles. The Bertz CT molecular complexity index is 352. The molecule has 2 nitrogen and oxygen atoms in total. The first kappa shape index (κ1) is 12.5. The molecule has 0 N–H and O–H groups in total. The second kappa shape index (κ2) is 4.67. The number of rotatable bonds is 2. The van der Waals surface area contributed by atoms with E-state index >= 15 is 0 Å². The van der Waals surface area contributed by atoms with Crippen LogP contribution in [0.5, 0.6) is 0 Å². The molecule has 1 rings (SSSR count). The van der Waals surface area contributed by atoms with Crippen molar-refractivity contribution in [3.8, 4) is 0 Å². The third kappa shape index (κ3) is 3.04. The molecule has 0 spiro atoms. The molecule has 0 aliphatic heterocycles. The van der Waals surface area contributed by atoms with Gasteiger partial charge in [0.2, 0.25) is 8.87 Å². The van der Waals surface area contributed by atoms with Crippen molar-refractivity contribution in [2.24, 2.45) is 0 Å². The van der Waals surface area contributed by atoms with Crippen molar-refractivity contribution < 1.29 is 8.42 Å². The Balaban J connectivity index is 0.00000144. The van der Waals surface area contributed by atoms with Gasteiger partial charge in [0.15, 0.2) is 0 Å². The molecule has 0 unspecified atom stereocenters. The predicted octanol–water partition coefficient (Wildman–Crippen LogP) is 2.68. The highest BCUT2D eigenvalue weighted by Gasteiger charge is 2.10. The minimum atomic E-state index is -3.10. The summed E-state index contributed by atoms with van der Waals surface area (Å²) in [4.78, 5) is 0.376. The fourth-order valence-corrected chi connectivity index (χ4v) is 2.37. The van der Waals surface area contributed by atoms with Crippen LogP contribution in [0, 0.1) is 6.92 Å². The fraction of sp³-hybridized carbons (Fsp3) is 0.333. The van der Waals surface area contributed by atoms with Crippen molar-refractivity contribution >= 4 is 19.7 Å². The molecule has 0 bridgehead atoms. The van der Waals surface area contributed by atoms with E-state index in [4.69, 9.17) is 0 Å². The second-order valence-corrected chi connectivity index (χ2v) is 6.46. The largest absolute Gasteiger partial charge is 0.229 e. The summed E-state index contributed by atoms with van der Waals surface area (Å²) in [6, 6.07) is 6.84. The molecule has 0 radical (unpaired) electrons. The first-order chi connectivity index (χ1) is 5.56. The third-order valence-corrected chi connectivity index (χ3v) is 4.71. The maximum absolute atomic E-state index is 11.3. The van der Waals surface area contributed by atoms with Gasteiger partial charge in [-0.3, -0.25) is 0 Å². The maximum atomic E-state index is 11.3. The number of hydrogen-bond acceptors (Lipinski definition) is 3. The zero-order chi connectivity index (χ0) is 9.19. The highest BCUT2D eigenvalue weighted by atomic mass is 33.1. The average molecular weight is 218 g/mol. The molecule has 74 valence electrons. The molecule has 0 saturated carbocycles. The third-order valence-electron chi connectivity index (χ3n) is 1.53. The monoisotopic (exact) mass is 218 g/mol. The van der Waals surface area contributed by atoms with Crippen LogP contribution in [0.1, 0.15) is 13.0 Å². The van der Waals surface area contributed by atoms with E-state index in [1.54, 1.807) is 30.5 Å². The Morgan fingerprint density at radius 3 is 2.00 bits per heavy atom. The van der Waals surface area contributed by atoms with Crippen LogP contribution in [0.3, 0.4) is 0 Å². The van der Waals surface area contributed by atoms with E-state index in [-0.39, 0.29) is 7.43 Å². The zero-order valence-corrected chi connectivity index (χ0v) is 8.58. The van der Waals surface area contributed by atoms with Crippen molar-refractivity contribution in [1.82, 2.24) is 0 Å². The minimum Gasteiger partial charge on any atom is -0.212 e. The lowest BCUT2D eigenvalue weighted by Gasteiger charge is -1.99. The van der Waals surface area contributed by atoms with E-state index in [9.17, 15) is 8.42 Å². The van der Waals surface area contributed by atoms with Crippen LogP contribution in [0.25, 0.3) is 0 Å². The molecule has 0 atom stereocenters. The molecule has 0 aliphatic carbocycles. The fourth-order valence-electron chi connectivity index (χ4n) is 0.801. The maximum Gasteiger partial charge on any atom is 0.229 e. The summed E-state index contributed by atoms with van der Waals surface area (Å²) in [6.07, 6.45) is 1.56. The van der Waals surface area contributed by atoms with Gasteiger partial charge in [0, 0.05) is 0 Å². The minimum absolute atomic E-state index is 0. The number of benzene rings is 1. The highest BCUT2D eigenvalue weighted by Crippen LogP contribution is 2.20. The van der Waals surface area contributed by atoms with Crippen molar-refractivity contribution in [3.63, 3.8) is 0 Å². The van der Waals surface area contributed by atoms with Crippen LogP contribution in [0.15, 0.2) is 29.2 Å². The van der Waals surface area contributed by atoms with Crippen LogP contribution in [-0.2, 0) is 8.87 Å². The summed E-state index contributed by atoms with van der Waals surface area (Å²) in [5.74, 6) is 0. The van der Waals surface area contributed by atoms with E-state index in [2.05, 4.69) is 0 Å². The molecule has 0 saturated heterocycles. The lowest BCUT2D eigenvalue weighted by molar-refractivity contribution is 0.610. The molecule has 0 aliphatic rings. The SMILES string of the molecule is C.CSS(=O)(=O)c1ccc(C)cc1. The molecule has 0 amide bonds. The first-order valence-corrected chi connectivity index (χ1v) is 6.66. The predicted molar refractivity (Wildman–Crippen MR) is 58.6 cm³/mol. The second-order valence-electron chi connectivity index (χ2n) is 2.43. The smallest absolute Gasteiger partial charge is 0.212 e. The zero-order valence-electron chi connectivity index (χ0n) is 6.94. The van der Waals surface area contributed by atoms with Crippen molar-refractivity contribution in [2.45, 2.75) is 19.2 Å². The molecule has 0 fully saturated rings. The summed E-state index contributed by atoms with van der Waals surface area (Å²) < 4.78 is 22.6. The van der Waals surface area contributed by atoms with E-state index in [0.717, 1.165) is 16.4 Å². The standard InChI is InChI=1S/C8H10O2S2.CH4/c1-7-3-5-8(6-4-7)12(9,10)11-2;/h3-6H,1-2H3;1H4.